The molecule has 0 saturated carbocycles. The van der Waals surface area contributed by atoms with Crippen molar-refractivity contribution in [3.05, 3.63) is 88.5 Å². The van der Waals surface area contributed by atoms with E-state index in [1.54, 1.807) is 12.1 Å². The molecule has 0 unspecified atom stereocenters. The Balaban J connectivity index is 1.41. The quantitative estimate of drug-likeness (QED) is 0.200. The standard InChI is InChI=1S/C29H32N4O4/c1-37-29(36)25(31)7-4-5-15-32-28(35)20-12-10-18-9-11-19-16-21(33-26-8-3-2-6-24(26)30)13-14-22(19)27(34)23(18)17-20/h2-3,6,8,10,12-14,16-17,25,33H,4-5,7,9,11,15,30-31H2,1H3,(H,32,35)/t25-/m0/s1. The molecule has 0 bridgehead atoms. The highest BCUT2D eigenvalue weighted by Gasteiger charge is 2.23. The van der Waals surface area contributed by atoms with Gasteiger partial charge in [-0.3, -0.25) is 14.4 Å². The average Bonchev–Trinajstić information content (AvgIpc) is 3.05. The van der Waals surface area contributed by atoms with E-state index >= 15 is 0 Å². The molecule has 1 aliphatic rings. The number of aryl methyl sites for hydroxylation is 2. The number of hydrogen-bond donors (Lipinski definition) is 4. The molecule has 1 aliphatic carbocycles. The van der Waals surface area contributed by atoms with Gasteiger partial charge in [0.25, 0.3) is 5.91 Å². The zero-order valence-corrected chi connectivity index (χ0v) is 20.9. The minimum atomic E-state index is -0.650. The van der Waals surface area contributed by atoms with Crippen molar-refractivity contribution in [3.63, 3.8) is 0 Å². The first-order valence-electron chi connectivity index (χ1n) is 12.4. The van der Waals surface area contributed by atoms with Gasteiger partial charge in [-0.2, -0.15) is 0 Å². The molecular formula is C29H32N4O4. The van der Waals surface area contributed by atoms with E-state index in [2.05, 4.69) is 15.4 Å². The lowest BCUT2D eigenvalue weighted by Gasteiger charge is -2.12. The lowest BCUT2D eigenvalue weighted by atomic mass is 9.96. The van der Waals surface area contributed by atoms with Crippen LogP contribution in [0, 0.1) is 0 Å². The summed E-state index contributed by atoms with van der Waals surface area (Å²) in [4.78, 5) is 37.5. The normalized spacial score (nSPS) is 13.1. The van der Waals surface area contributed by atoms with E-state index in [0.29, 0.717) is 61.0 Å². The van der Waals surface area contributed by atoms with Crippen LogP contribution in [0.5, 0.6) is 0 Å². The first-order valence-corrected chi connectivity index (χ1v) is 12.4. The van der Waals surface area contributed by atoms with Crippen LogP contribution in [0.1, 0.15) is 56.7 Å². The van der Waals surface area contributed by atoms with Gasteiger partial charge in [0.05, 0.1) is 18.5 Å². The van der Waals surface area contributed by atoms with Crippen LogP contribution >= 0.6 is 0 Å². The van der Waals surface area contributed by atoms with Crippen molar-refractivity contribution in [2.45, 2.75) is 38.1 Å². The summed E-state index contributed by atoms with van der Waals surface area (Å²) in [5.74, 6) is -0.759. The number of anilines is 3. The third-order valence-corrected chi connectivity index (χ3v) is 6.60. The van der Waals surface area contributed by atoms with Gasteiger partial charge in [-0.05, 0) is 85.7 Å². The number of esters is 1. The summed E-state index contributed by atoms with van der Waals surface area (Å²) in [6, 6.07) is 17.9. The minimum absolute atomic E-state index is 0.0836. The number of ketones is 1. The predicted octanol–water partition coefficient (Wildman–Crippen LogP) is 3.74. The van der Waals surface area contributed by atoms with Crippen LogP contribution in [0.3, 0.4) is 0 Å². The SMILES string of the molecule is COC(=O)[C@@H](N)CCCCNC(=O)c1ccc2c(c1)C(=O)c1ccc(Nc3ccccc3N)cc1CC2. The highest BCUT2D eigenvalue weighted by molar-refractivity contribution is 6.12. The topological polar surface area (TPSA) is 137 Å². The van der Waals surface area contributed by atoms with Crippen molar-refractivity contribution in [2.75, 3.05) is 24.7 Å². The molecule has 3 aromatic carbocycles. The number of rotatable bonds is 9. The van der Waals surface area contributed by atoms with Crippen LogP contribution in [0.15, 0.2) is 60.7 Å². The van der Waals surface area contributed by atoms with Crippen molar-refractivity contribution < 1.29 is 19.1 Å². The number of carbonyl (C=O) groups is 3. The predicted molar refractivity (Wildman–Crippen MR) is 144 cm³/mol. The zero-order valence-electron chi connectivity index (χ0n) is 20.9. The van der Waals surface area contributed by atoms with Crippen LogP contribution in [-0.2, 0) is 22.4 Å². The first-order chi connectivity index (χ1) is 17.9. The Hall–Kier alpha value is -4.17. The van der Waals surface area contributed by atoms with E-state index in [4.69, 9.17) is 11.5 Å². The number of carbonyl (C=O) groups excluding carboxylic acids is 3. The Kier molecular flexibility index (Phi) is 8.20. The van der Waals surface area contributed by atoms with Crippen molar-refractivity contribution in [3.8, 4) is 0 Å². The maximum atomic E-state index is 13.4. The highest BCUT2D eigenvalue weighted by atomic mass is 16.5. The van der Waals surface area contributed by atoms with Gasteiger partial charge in [0.1, 0.15) is 6.04 Å². The molecule has 8 heteroatoms. The van der Waals surface area contributed by atoms with Gasteiger partial charge in [0.15, 0.2) is 5.78 Å². The molecule has 0 aromatic heterocycles. The summed E-state index contributed by atoms with van der Waals surface area (Å²) in [5, 5.41) is 6.21. The van der Waals surface area contributed by atoms with E-state index in [1.807, 2.05) is 48.5 Å². The Bertz CT molecular complexity index is 1320. The number of methoxy groups -OCH3 is 1. The van der Waals surface area contributed by atoms with E-state index in [9.17, 15) is 14.4 Å². The second kappa shape index (κ2) is 11.7. The van der Waals surface area contributed by atoms with Crippen LogP contribution in [-0.4, -0.2) is 37.4 Å². The van der Waals surface area contributed by atoms with Crippen molar-refractivity contribution >= 4 is 34.7 Å². The number of para-hydroxylation sites is 2. The minimum Gasteiger partial charge on any atom is -0.468 e. The molecule has 6 N–H and O–H groups in total. The molecule has 192 valence electrons. The Labute approximate surface area is 216 Å². The number of unbranched alkanes of at least 4 members (excludes halogenated alkanes) is 1. The van der Waals surface area contributed by atoms with E-state index in [1.165, 1.54) is 7.11 Å². The Morgan fingerprint density at radius 3 is 2.54 bits per heavy atom. The van der Waals surface area contributed by atoms with Crippen molar-refractivity contribution in [1.29, 1.82) is 0 Å². The van der Waals surface area contributed by atoms with Crippen LogP contribution in [0.25, 0.3) is 0 Å². The van der Waals surface area contributed by atoms with Gasteiger partial charge >= 0.3 is 5.97 Å². The molecule has 0 aliphatic heterocycles. The van der Waals surface area contributed by atoms with Gasteiger partial charge in [-0.15, -0.1) is 0 Å². The van der Waals surface area contributed by atoms with E-state index in [0.717, 1.165) is 22.5 Å². The monoisotopic (exact) mass is 500 g/mol. The van der Waals surface area contributed by atoms with Crippen LogP contribution < -0.4 is 22.1 Å². The van der Waals surface area contributed by atoms with Crippen LogP contribution in [0.2, 0.25) is 0 Å². The first kappa shape index (κ1) is 25.9. The van der Waals surface area contributed by atoms with Gasteiger partial charge in [0.2, 0.25) is 0 Å². The lowest BCUT2D eigenvalue weighted by molar-refractivity contribution is -0.142. The largest absolute Gasteiger partial charge is 0.468 e. The Morgan fingerprint density at radius 1 is 0.973 bits per heavy atom. The molecule has 0 spiro atoms. The molecule has 0 radical (unpaired) electrons. The lowest BCUT2D eigenvalue weighted by Crippen LogP contribution is -2.31. The summed E-state index contributed by atoms with van der Waals surface area (Å²) in [5.41, 5.74) is 17.6. The molecule has 8 nitrogen and oxygen atoms in total. The maximum absolute atomic E-state index is 13.4. The molecular weight excluding hydrogens is 468 g/mol. The fourth-order valence-electron chi connectivity index (χ4n) is 4.49. The van der Waals surface area contributed by atoms with Gasteiger partial charge in [0, 0.05) is 28.9 Å². The molecule has 0 saturated heterocycles. The van der Waals surface area contributed by atoms with Crippen molar-refractivity contribution in [2.24, 2.45) is 5.73 Å². The zero-order chi connectivity index (χ0) is 26.4. The van der Waals surface area contributed by atoms with Gasteiger partial charge in [-0.1, -0.05) is 18.2 Å². The number of nitrogens with two attached hydrogens (primary N) is 2. The second-order valence-electron chi connectivity index (χ2n) is 9.17. The molecule has 0 fully saturated rings. The molecule has 3 aromatic rings. The van der Waals surface area contributed by atoms with E-state index in [-0.39, 0.29) is 11.7 Å². The number of benzene rings is 3. The summed E-state index contributed by atoms with van der Waals surface area (Å²) in [7, 11) is 1.31. The summed E-state index contributed by atoms with van der Waals surface area (Å²) in [6.07, 6.45) is 3.27. The highest BCUT2D eigenvalue weighted by Crippen LogP contribution is 2.29. The molecule has 37 heavy (non-hydrogen) atoms. The molecule has 1 atom stereocenters. The fourth-order valence-corrected chi connectivity index (χ4v) is 4.49. The summed E-state index contributed by atoms with van der Waals surface area (Å²) < 4.78 is 4.62. The van der Waals surface area contributed by atoms with Crippen LogP contribution in [0.4, 0.5) is 17.1 Å². The van der Waals surface area contributed by atoms with Crippen molar-refractivity contribution in [1.82, 2.24) is 5.32 Å². The summed E-state index contributed by atoms with van der Waals surface area (Å²) >= 11 is 0. The number of nitrogen functional groups attached to an aromatic ring is 1. The number of ether oxygens (including phenoxy) is 1. The smallest absolute Gasteiger partial charge is 0.322 e. The number of nitrogens with one attached hydrogen (secondary N) is 2. The summed E-state index contributed by atoms with van der Waals surface area (Å²) in [6.45, 7) is 0.447. The van der Waals surface area contributed by atoms with Gasteiger partial charge < -0.3 is 26.8 Å². The molecule has 4 rings (SSSR count). The average molecular weight is 501 g/mol. The third-order valence-electron chi connectivity index (χ3n) is 6.60. The van der Waals surface area contributed by atoms with E-state index < -0.39 is 12.0 Å². The van der Waals surface area contributed by atoms with Gasteiger partial charge in [-0.25, -0.2) is 0 Å². The molecule has 0 heterocycles. The third kappa shape index (κ3) is 6.16. The number of hydrogen-bond acceptors (Lipinski definition) is 7. The second-order valence-corrected chi connectivity index (χ2v) is 9.17. The fraction of sp³-hybridized carbons (Fsp3) is 0.276. The molecule has 1 amide bonds. The number of amides is 1. The number of fused-ring (bicyclic) bond motifs is 2. The Morgan fingerprint density at radius 2 is 1.76 bits per heavy atom. The maximum Gasteiger partial charge on any atom is 0.322 e.